The molecule has 0 aliphatic carbocycles. The van der Waals surface area contributed by atoms with Gasteiger partial charge in [-0.1, -0.05) is 54.6 Å². The lowest BCUT2D eigenvalue weighted by atomic mass is 10.0. The van der Waals surface area contributed by atoms with Gasteiger partial charge in [0.25, 0.3) is 0 Å². The van der Waals surface area contributed by atoms with E-state index in [-0.39, 0.29) is 0 Å². The van der Waals surface area contributed by atoms with Crippen LogP contribution < -0.4 is 5.73 Å². The maximum absolute atomic E-state index is 6.32. The molecule has 0 saturated carbocycles. The van der Waals surface area contributed by atoms with Crippen LogP contribution >= 0.6 is 0 Å². The van der Waals surface area contributed by atoms with E-state index in [1.165, 1.54) is 0 Å². The highest BCUT2D eigenvalue weighted by Crippen LogP contribution is 2.37. The van der Waals surface area contributed by atoms with E-state index in [0.717, 1.165) is 33.1 Å². The highest BCUT2D eigenvalue weighted by molar-refractivity contribution is 6.11. The molecule has 96 valence electrons. The monoisotopic (exact) mass is 259 g/mol. The second-order valence-electron chi connectivity index (χ2n) is 4.87. The number of rotatable bonds is 1. The smallest absolute Gasteiger partial charge is 0.158 e. The molecule has 0 aliphatic rings. The fourth-order valence-electron chi connectivity index (χ4n) is 2.68. The van der Waals surface area contributed by atoms with Crippen molar-refractivity contribution in [1.29, 1.82) is 0 Å². The van der Waals surface area contributed by atoms with E-state index in [1.807, 2.05) is 36.4 Å². The molecule has 0 fully saturated rings. The van der Waals surface area contributed by atoms with Crippen LogP contribution in [0.15, 0.2) is 71.1 Å². The van der Waals surface area contributed by atoms with Gasteiger partial charge in [0.2, 0.25) is 0 Å². The van der Waals surface area contributed by atoms with Gasteiger partial charge in [-0.15, -0.1) is 0 Å². The topological polar surface area (TPSA) is 39.2 Å². The minimum absolute atomic E-state index is 0.699. The van der Waals surface area contributed by atoms with Crippen LogP contribution in [-0.4, -0.2) is 0 Å². The number of nitrogens with two attached hydrogens (primary N) is 1. The second-order valence-corrected chi connectivity index (χ2v) is 4.87. The molecule has 0 bridgehead atoms. The summed E-state index contributed by atoms with van der Waals surface area (Å²) in [5.74, 6) is 0. The van der Waals surface area contributed by atoms with E-state index < -0.39 is 0 Å². The van der Waals surface area contributed by atoms with E-state index in [4.69, 9.17) is 10.2 Å². The zero-order valence-electron chi connectivity index (χ0n) is 10.8. The lowest BCUT2D eigenvalue weighted by Gasteiger charge is -2.05. The largest absolute Gasteiger partial charge is 0.454 e. The Kier molecular flexibility index (Phi) is 2.30. The number of furan rings is 1. The van der Waals surface area contributed by atoms with E-state index in [1.54, 1.807) is 0 Å². The van der Waals surface area contributed by atoms with Gasteiger partial charge in [-0.3, -0.25) is 0 Å². The zero-order chi connectivity index (χ0) is 13.5. The van der Waals surface area contributed by atoms with Crippen LogP contribution in [0, 0.1) is 0 Å². The molecule has 0 unspecified atom stereocenters. The van der Waals surface area contributed by atoms with Crippen molar-refractivity contribution >= 4 is 27.6 Å². The Labute approximate surface area is 116 Å². The summed E-state index contributed by atoms with van der Waals surface area (Å²) in [5, 5.41) is 2.17. The third-order valence-electron chi connectivity index (χ3n) is 3.67. The van der Waals surface area contributed by atoms with Gasteiger partial charge in [-0.2, -0.15) is 0 Å². The molecule has 1 aromatic heterocycles. The van der Waals surface area contributed by atoms with Crippen molar-refractivity contribution in [3.8, 4) is 11.1 Å². The van der Waals surface area contributed by atoms with Gasteiger partial charge < -0.3 is 10.2 Å². The average Bonchev–Trinajstić information content (AvgIpc) is 2.88. The highest BCUT2D eigenvalue weighted by Gasteiger charge is 2.12. The molecule has 1 heterocycles. The molecule has 0 saturated heterocycles. The Morgan fingerprint density at radius 2 is 1.45 bits per heavy atom. The molecule has 4 aromatic rings. The van der Waals surface area contributed by atoms with Crippen LogP contribution in [-0.2, 0) is 0 Å². The van der Waals surface area contributed by atoms with Gasteiger partial charge in [-0.25, -0.2) is 0 Å². The van der Waals surface area contributed by atoms with Crippen molar-refractivity contribution in [2.45, 2.75) is 0 Å². The summed E-state index contributed by atoms with van der Waals surface area (Å²) < 4.78 is 5.92. The van der Waals surface area contributed by atoms with Crippen molar-refractivity contribution in [2.75, 3.05) is 5.73 Å². The molecule has 3 aromatic carbocycles. The lowest BCUT2D eigenvalue weighted by molar-refractivity contribution is 0.670. The standard InChI is InChI=1S/C18H13NO/c19-17-13(12-6-2-1-3-7-12)10-11-15-14-8-4-5-9-16(14)20-18(15)17/h1-11H,19H2. The Balaban J connectivity index is 2.07. The quantitative estimate of drug-likeness (QED) is 0.497. The summed E-state index contributed by atoms with van der Waals surface area (Å²) in [4.78, 5) is 0. The molecule has 0 aliphatic heterocycles. The molecule has 2 heteroatoms. The van der Waals surface area contributed by atoms with E-state index in [9.17, 15) is 0 Å². The summed E-state index contributed by atoms with van der Waals surface area (Å²) in [7, 11) is 0. The van der Waals surface area contributed by atoms with Gasteiger partial charge in [-0.05, 0) is 17.7 Å². The van der Waals surface area contributed by atoms with Crippen LogP contribution in [0.5, 0.6) is 0 Å². The first-order valence-corrected chi connectivity index (χ1v) is 6.60. The fraction of sp³-hybridized carbons (Fsp3) is 0. The highest BCUT2D eigenvalue weighted by atomic mass is 16.3. The van der Waals surface area contributed by atoms with Crippen molar-refractivity contribution < 1.29 is 4.42 Å². The molecule has 4 rings (SSSR count). The van der Waals surface area contributed by atoms with Crippen LogP contribution in [0.2, 0.25) is 0 Å². The Bertz CT molecular complexity index is 907. The molecule has 0 spiro atoms. The van der Waals surface area contributed by atoms with Gasteiger partial charge in [0.15, 0.2) is 5.58 Å². The Morgan fingerprint density at radius 1 is 0.700 bits per heavy atom. The van der Waals surface area contributed by atoms with Gasteiger partial charge in [0.05, 0.1) is 5.69 Å². The number of para-hydroxylation sites is 1. The predicted octanol–water partition coefficient (Wildman–Crippen LogP) is 4.84. The van der Waals surface area contributed by atoms with Crippen molar-refractivity contribution in [2.24, 2.45) is 0 Å². The van der Waals surface area contributed by atoms with Gasteiger partial charge in [0, 0.05) is 16.3 Å². The predicted molar refractivity (Wildman–Crippen MR) is 83.6 cm³/mol. The lowest BCUT2D eigenvalue weighted by Crippen LogP contribution is -1.90. The first kappa shape index (κ1) is 11.1. The van der Waals surface area contributed by atoms with E-state index in [0.29, 0.717) is 5.69 Å². The van der Waals surface area contributed by atoms with Gasteiger partial charge in [0.1, 0.15) is 5.58 Å². The molecular weight excluding hydrogens is 246 g/mol. The number of anilines is 1. The maximum atomic E-state index is 6.32. The van der Waals surface area contributed by atoms with Crippen LogP contribution in [0.25, 0.3) is 33.1 Å². The van der Waals surface area contributed by atoms with E-state index >= 15 is 0 Å². The van der Waals surface area contributed by atoms with Crippen LogP contribution in [0.4, 0.5) is 5.69 Å². The normalized spacial score (nSPS) is 11.2. The fourth-order valence-corrected chi connectivity index (χ4v) is 2.68. The third kappa shape index (κ3) is 1.51. The Morgan fingerprint density at radius 3 is 2.30 bits per heavy atom. The number of hydrogen-bond donors (Lipinski definition) is 1. The summed E-state index contributed by atoms with van der Waals surface area (Å²) >= 11 is 0. The van der Waals surface area contributed by atoms with Crippen LogP contribution in [0.3, 0.4) is 0 Å². The Hall–Kier alpha value is -2.74. The summed E-state index contributed by atoms with van der Waals surface area (Å²) in [5.41, 5.74) is 10.8. The number of benzene rings is 3. The average molecular weight is 259 g/mol. The van der Waals surface area contributed by atoms with E-state index in [2.05, 4.69) is 30.3 Å². The van der Waals surface area contributed by atoms with Gasteiger partial charge >= 0.3 is 0 Å². The third-order valence-corrected chi connectivity index (χ3v) is 3.67. The summed E-state index contributed by atoms with van der Waals surface area (Å²) in [6.07, 6.45) is 0. The molecule has 2 nitrogen and oxygen atoms in total. The molecule has 2 N–H and O–H groups in total. The number of hydrogen-bond acceptors (Lipinski definition) is 2. The molecular formula is C18H13NO. The number of fused-ring (bicyclic) bond motifs is 3. The van der Waals surface area contributed by atoms with Crippen molar-refractivity contribution in [3.63, 3.8) is 0 Å². The van der Waals surface area contributed by atoms with Crippen molar-refractivity contribution in [1.82, 2.24) is 0 Å². The summed E-state index contributed by atoms with van der Waals surface area (Å²) in [6.45, 7) is 0. The minimum Gasteiger partial charge on any atom is -0.454 e. The molecule has 0 amide bonds. The first-order chi connectivity index (χ1) is 9.84. The first-order valence-electron chi connectivity index (χ1n) is 6.60. The second kappa shape index (κ2) is 4.14. The molecule has 0 radical (unpaired) electrons. The molecule has 20 heavy (non-hydrogen) atoms. The number of nitrogen functional groups attached to an aromatic ring is 1. The molecule has 0 atom stereocenters. The zero-order valence-corrected chi connectivity index (χ0v) is 10.8. The summed E-state index contributed by atoms with van der Waals surface area (Å²) in [6, 6.07) is 22.3. The maximum Gasteiger partial charge on any atom is 0.158 e. The van der Waals surface area contributed by atoms with Crippen molar-refractivity contribution in [3.05, 3.63) is 66.7 Å². The van der Waals surface area contributed by atoms with Crippen LogP contribution in [0.1, 0.15) is 0 Å². The SMILES string of the molecule is Nc1c(-c2ccccc2)ccc2c1oc1ccccc12. The minimum atomic E-state index is 0.699.